The molecule has 3 N–H and O–H groups in total. The summed E-state index contributed by atoms with van der Waals surface area (Å²) < 4.78 is 5.49. The van der Waals surface area contributed by atoms with E-state index in [0.717, 1.165) is 51.4 Å². The number of unbranched alkanes of at least 4 members (excludes halogenated alkanes) is 63. The van der Waals surface area contributed by atoms with Crippen LogP contribution in [0.5, 0.6) is 0 Å². The van der Waals surface area contributed by atoms with Gasteiger partial charge in [0.05, 0.1) is 25.4 Å². The smallest absolute Gasteiger partial charge is 0.305 e. The molecule has 93 heavy (non-hydrogen) atoms. The van der Waals surface area contributed by atoms with Gasteiger partial charge in [-0.25, -0.2) is 0 Å². The van der Waals surface area contributed by atoms with Crippen LogP contribution in [0.1, 0.15) is 470 Å². The van der Waals surface area contributed by atoms with E-state index in [1.165, 1.54) is 392 Å². The van der Waals surface area contributed by atoms with Gasteiger partial charge in [0.25, 0.3) is 0 Å². The van der Waals surface area contributed by atoms with Crippen LogP contribution in [0.15, 0.2) is 48.6 Å². The van der Waals surface area contributed by atoms with E-state index in [0.29, 0.717) is 19.4 Å². The summed E-state index contributed by atoms with van der Waals surface area (Å²) in [5.74, 6) is -0.0506. The van der Waals surface area contributed by atoms with Crippen molar-refractivity contribution in [1.82, 2.24) is 5.32 Å². The molecule has 0 aromatic rings. The van der Waals surface area contributed by atoms with Crippen molar-refractivity contribution in [2.75, 3.05) is 13.2 Å². The van der Waals surface area contributed by atoms with Crippen molar-refractivity contribution in [3.8, 4) is 0 Å². The highest BCUT2D eigenvalue weighted by Gasteiger charge is 2.18. The minimum Gasteiger partial charge on any atom is -0.466 e. The summed E-state index contributed by atoms with van der Waals surface area (Å²) in [7, 11) is 0. The van der Waals surface area contributed by atoms with Crippen LogP contribution in [0.3, 0.4) is 0 Å². The van der Waals surface area contributed by atoms with Crippen molar-refractivity contribution in [2.24, 2.45) is 0 Å². The maximum absolute atomic E-state index is 12.6. The Balaban J connectivity index is 3.35. The molecule has 0 bridgehead atoms. The number of aliphatic hydroxyl groups excluding tert-OH is 2. The Morgan fingerprint density at radius 3 is 0.860 bits per heavy atom. The third kappa shape index (κ3) is 78.7. The van der Waals surface area contributed by atoms with Crippen LogP contribution in [0.2, 0.25) is 0 Å². The summed E-state index contributed by atoms with van der Waals surface area (Å²) >= 11 is 0. The average molecular weight is 1310 g/mol. The fraction of sp³-hybridized carbons (Fsp3) is 0.885. The van der Waals surface area contributed by atoms with E-state index in [2.05, 4.69) is 55.6 Å². The monoisotopic (exact) mass is 1300 g/mol. The second kappa shape index (κ2) is 82.2. The maximum atomic E-state index is 12.6. The zero-order valence-electron chi connectivity index (χ0n) is 63.0. The molecular weight excluding hydrogens is 1140 g/mol. The molecule has 0 fully saturated rings. The molecule has 0 aliphatic rings. The van der Waals surface area contributed by atoms with Gasteiger partial charge in [0.15, 0.2) is 0 Å². The molecule has 0 saturated heterocycles. The van der Waals surface area contributed by atoms with E-state index < -0.39 is 12.1 Å². The summed E-state index contributed by atoms with van der Waals surface area (Å²) in [5, 5.41) is 23.3. The topological polar surface area (TPSA) is 95.9 Å². The van der Waals surface area contributed by atoms with Crippen LogP contribution >= 0.6 is 0 Å². The molecule has 6 heteroatoms. The van der Waals surface area contributed by atoms with Gasteiger partial charge in [-0.3, -0.25) is 9.59 Å². The number of amides is 1. The first-order valence-corrected chi connectivity index (χ1v) is 42.4. The van der Waals surface area contributed by atoms with Gasteiger partial charge >= 0.3 is 5.97 Å². The number of hydrogen-bond donors (Lipinski definition) is 3. The minimum absolute atomic E-state index is 0.00808. The van der Waals surface area contributed by atoms with E-state index in [-0.39, 0.29) is 18.5 Å². The Kier molecular flexibility index (Phi) is 80.3. The number of hydrogen-bond acceptors (Lipinski definition) is 5. The maximum Gasteiger partial charge on any atom is 0.305 e. The molecule has 0 heterocycles. The van der Waals surface area contributed by atoms with Gasteiger partial charge in [0.2, 0.25) is 5.91 Å². The highest BCUT2D eigenvalue weighted by molar-refractivity contribution is 5.76. The Bertz CT molecular complexity index is 1550. The van der Waals surface area contributed by atoms with Crippen LogP contribution in [0, 0.1) is 0 Å². The molecule has 2 atom stereocenters. The van der Waals surface area contributed by atoms with Gasteiger partial charge in [-0.2, -0.15) is 0 Å². The molecular formula is C87H165NO5. The zero-order chi connectivity index (χ0) is 67.0. The quantitative estimate of drug-likeness (QED) is 0.0320. The fourth-order valence-corrected chi connectivity index (χ4v) is 13.4. The largest absolute Gasteiger partial charge is 0.466 e. The molecule has 0 spiro atoms. The molecule has 1 amide bonds. The second-order valence-corrected chi connectivity index (χ2v) is 29.2. The van der Waals surface area contributed by atoms with Crippen LogP contribution in [-0.2, 0) is 14.3 Å². The lowest BCUT2D eigenvalue weighted by Gasteiger charge is -2.20. The molecule has 6 nitrogen and oxygen atoms in total. The molecule has 0 rings (SSSR count). The highest BCUT2D eigenvalue weighted by atomic mass is 16.5. The van der Waals surface area contributed by atoms with Gasteiger partial charge < -0.3 is 20.3 Å². The van der Waals surface area contributed by atoms with E-state index in [1.54, 1.807) is 6.08 Å². The third-order valence-corrected chi connectivity index (χ3v) is 19.8. The lowest BCUT2D eigenvalue weighted by molar-refractivity contribution is -0.143. The number of ether oxygens (including phenoxy) is 1. The van der Waals surface area contributed by atoms with E-state index in [9.17, 15) is 19.8 Å². The molecule has 2 unspecified atom stereocenters. The lowest BCUT2D eigenvalue weighted by atomic mass is 10.0. The normalized spacial score (nSPS) is 12.7. The molecule has 0 aliphatic heterocycles. The standard InChI is InChI=1S/C87H165NO5/c1-3-5-7-9-11-13-15-17-19-20-21-22-40-43-46-49-52-55-59-63-67-71-75-79-85(90)84(83-89)88-86(91)80-76-72-68-64-60-56-53-50-47-44-41-38-36-34-32-30-28-26-24-23-25-27-29-31-33-35-37-39-42-45-48-51-54-58-62-66-70-74-78-82-93-87(92)81-77-73-69-65-61-57-18-16-14-12-10-8-6-4-2/h10,12,16,18,23-24,75,79,84-85,89-90H,3-9,11,13-15,17,19-22,25-74,76-78,80-83H2,1-2H3,(H,88,91)/b12-10-,18-16-,24-23-,79-75+. The first kappa shape index (κ1) is 90.8. The van der Waals surface area contributed by atoms with Crippen molar-refractivity contribution in [3.63, 3.8) is 0 Å². The molecule has 0 saturated carbocycles. The number of allylic oxidation sites excluding steroid dienone is 7. The van der Waals surface area contributed by atoms with E-state index >= 15 is 0 Å². The van der Waals surface area contributed by atoms with Gasteiger partial charge in [-0.05, 0) is 83.5 Å². The average Bonchev–Trinajstić information content (AvgIpc) is 3.78. The number of esters is 1. The fourth-order valence-electron chi connectivity index (χ4n) is 13.4. The lowest BCUT2D eigenvalue weighted by Crippen LogP contribution is -2.45. The third-order valence-electron chi connectivity index (χ3n) is 19.8. The summed E-state index contributed by atoms with van der Waals surface area (Å²) in [4.78, 5) is 24.6. The van der Waals surface area contributed by atoms with Crippen LogP contribution in [-0.4, -0.2) is 47.4 Å². The summed E-state index contributed by atoms with van der Waals surface area (Å²) in [6.07, 6.45) is 110. The number of nitrogens with one attached hydrogen (secondary N) is 1. The summed E-state index contributed by atoms with van der Waals surface area (Å²) in [6, 6.07) is -0.626. The summed E-state index contributed by atoms with van der Waals surface area (Å²) in [5.41, 5.74) is 0. The Morgan fingerprint density at radius 1 is 0.301 bits per heavy atom. The molecule has 0 aliphatic carbocycles. The summed E-state index contributed by atoms with van der Waals surface area (Å²) in [6.45, 7) is 4.91. The van der Waals surface area contributed by atoms with Crippen molar-refractivity contribution in [1.29, 1.82) is 0 Å². The molecule has 548 valence electrons. The molecule has 0 aromatic carbocycles. The van der Waals surface area contributed by atoms with Gasteiger partial charge in [-0.15, -0.1) is 0 Å². The van der Waals surface area contributed by atoms with E-state index in [1.807, 2.05) is 6.08 Å². The highest BCUT2D eigenvalue weighted by Crippen LogP contribution is 2.20. The zero-order valence-corrected chi connectivity index (χ0v) is 63.0. The predicted octanol–water partition coefficient (Wildman–Crippen LogP) is 28.3. The van der Waals surface area contributed by atoms with Crippen molar-refractivity contribution >= 4 is 11.9 Å². The number of carbonyl (C=O) groups is 2. The second-order valence-electron chi connectivity index (χ2n) is 29.2. The first-order chi connectivity index (χ1) is 46.0. The van der Waals surface area contributed by atoms with Crippen LogP contribution in [0.25, 0.3) is 0 Å². The van der Waals surface area contributed by atoms with Crippen LogP contribution < -0.4 is 5.32 Å². The van der Waals surface area contributed by atoms with Gasteiger partial charge in [0.1, 0.15) is 0 Å². The molecule has 0 radical (unpaired) electrons. The van der Waals surface area contributed by atoms with Crippen molar-refractivity contribution in [3.05, 3.63) is 48.6 Å². The van der Waals surface area contributed by atoms with Gasteiger partial charge in [0, 0.05) is 12.8 Å². The minimum atomic E-state index is -0.843. The Labute approximate surface area is 582 Å². The van der Waals surface area contributed by atoms with Crippen molar-refractivity contribution < 1.29 is 24.5 Å². The van der Waals surface area contributed by atoms with Gasteiger partial charge in [-0.1, -0.05) is 422 Å². The van der Waals surface area contributed by atoms with E-state index in [4.69, 9.17) is 4.74 Å². The van der Waals surface area contributed by atoms with Crippen molar-refractivity contribution in [2.45, 2.75) is 482 Å². The number of aliphatic hydroxyl groups is 2. The first-order valence-electron chi connectivity index (χ1n) is 42.4. The van der Waals surface area contributed by atoms with Crippen LogP contribution in [0.4, 0.5) is 0 Å². The number of rotatable bonds is 80. The SMILES string of the molecule is CCCC/C=C\C/C=C\CCCCCCCC(=O)OCCCCCCCCCCCCCCCCCCCC/C=C\CCCCCCCCCCCCCCCCCCCC(=O)NC(CO)C(O)/C=C/CCCCCCCCCCCCCCCCCCCCCCC. The number of carbonyl (C=O) groups excluding carboxylic acids is 2. The Morgan fingerprint density at radius 2 is 0.548 bits per heavy atom. The Hall–Kier alpha value is -2.18. The molecule has 0 aromatic heterocycles. The predicted molar refractivity (Wildman–Crippen MR) is 412 cm³/mol.